The first kappa shape index (κ1) is 23.6. The summed E-state index contributed by atoms with van der Waals surface area (Å²) in [6.07, 6.45) is -11.2. The zero-order valence-corrected chi connectivity index (χ0v) is 16.0. The van der Waals surface area contributed by atoms with Crippen LogP contribution in [0.1, 0.15) is 42.1 Å². The van der Waals surface area contributed by atoms with E-state index in [0.29, 0.717) is 0 Å². The summed E-state index contributed by atoms with van der Waals surface area (Å²) in [5, 5.41) is 0. The molecule has 164 valence electrons. The van der Waals surface area contributed by atoms with Gasteiger partial charge in [-0.2, -0.15) is 22.0 Å². The van der Waals surface area contributed by atoms with E-state index in [1.807, 2.05) is 12.1 Å². The van der Waals surface area contributed by atoms with Gasteiger partial charge in [0.05, 0.1) is 5.56 Å². The number of rotatable bonds is 9. The van der Waals surface area contributed by atoms with Crippen molar-refractivity contribution in [1.82, 2.24) is 0 Å². The normalized spacial score (nSPS) is 13.0. The Labute approximate surface area is 169 Å². The Bertz CT molecular complexity index is 816. The maximum Gasteiger partial charge on any atom is 0.439 e. The van der Waals surface area contributed by atoms with E-state index in [2.05, 4.69) is 11.7 Å². The third-order valence-corrected chi connectivity index (χ3v) is 4.13. The van der Waals surface area contributed by atoms with Crippen LogP contribution in [-0.4, -0.2) is 24.4 Å². The highest BCUT2D eigenvalue weighted by Crippen LogP contribution is 2.36. The van der Waals surface area contributed by atoms with Crippen molar-refractivity contribution in [2.45, 2.75) is 51.1 Å². The second-order valence-corrected chi connectivity index (χ2v) is 6.58. The Morgan fingerprint density at radius 2 is 1.47 bits per heavy atom. The van der Waals surface area contributed by atoms with Crippen molar-refractivity contribution >= 4 is 5.97 Å². The van der Waals surface area contributed by atoms with Gasteiger partial charge in [-0.25, -0.2) is 9.18 Å². The molecule has 0 radical (unpaired) electrons. The van der Waals surface area contributed by atoms with Crippen LogP contribution < -0.4 is 9.47 Å². The van der Waals surface area contributed by atoms with E-state index < -0.39 is 30.2 Å². The van der Waals surface area contributed by atoms with Gasteiger partial charge in [0.25, 0.3) is 6.17 Å². The molecule has 30 heavy (non-hydrogen) atoms. The molecule has 9 heteroatoms. The van der Waals surface area contributed by atoms with Gasteiger partial charge in [0, 0.05) is 0 Å². The average Bonchev–Trinajstić information content (AvgIpc) is 2.68. The zero-order chi connectivity index (χ0) is 22.4. The standard InChI is InChI=1S/C21H20F6O3/c1-2-3-4-5-14-6-10-16(11-7-14)29-18(28)15-8-12-17(13-9-15)30-21(26,27)19(22)20(23,24)25/h6-13,19H,2-5H2,1H3. The number of carbonyl (C=O) groups excluding carboxylic acids is 1. The van der Waals surface area contributed by atoms with E-state index >= 15 is 0 Å². The first-order chi connectivity index (χ1) is 14.0. The Hall–Kier alpha value is -2.71. The topological polar surface area (TPSA) is 35.5 Å². The van der Waals surface area contributed by atoms with Crippen molar-refractivity contribution in [3.63, 3.8) is 0 Å². The monoisotopic (exact) mass is 434 g/mol. The van der Waals surface area contributed by atoms with Crippen LogP contribution in [0.3, 0.4) is 0 Å². The van der Waals surface area contributed by atoms with Crippen molar-refractivity contribution in [2.75, 3.05) is 0 Å². The summed E-state index contributed by atoms with van der Waals surface area (Å²) in [5.41, 5.74) is 1.04. The molecule has 0 aromatic heterocycles. The number of ether oxygens (including phenoxy) is 2. The van der Waals surface area contributed by atoms with Gasteiger partial charge in [-0.15, -0.1) is 0 Å². The highest BCUT2D eigenvalue weighted by atomic mass is 19.4. The second-order valence-electron chi connectivity index (χ2n) is 6.58. The maximum absolute atomic E-state index is 13.3. The average molecular weight is 434 g/mol. The van der Waals surface area contributed by atoms with Crippen molar-refractivity contribution in [2.24, 2.45) is 0 Å². The quantitative estimate of drug-likeness (QED) is 0.195. The Kier molecular flexibility index (Phi) is 7.75. The highest BCUT2D eigenvalue weighted by molar-refractivity contribution is 5.91. The largest absolute Gasteiger partial charge is 0.439 e. The van der Waals surface area contributed by atoms with Gasteiger partial charge in [-0.1, -0.05) is 31.9 Å². The van der Waals surface area contributed by atoms with Crippen LogP contribution in [0.2, 0.25) is 0 Å². The van der Waals surface area contributed by atoms with Gasteiger partial charge in [0.15, 0.2) is 0 Å². The number of esters is 1. The molecule has 0 heterocycles. The second kappa shape index (κ2) is 9.86. The highest BCUT2D eigenvalue weighted by Gasteiger charge is 2.59. The number of carbonyl (C=O) groups is 1. The molecular formula is C21H20F6O3. The molecule has 2 aromatic carbocycles. The molecule has 1 atom stereocenters. The summed E-state index contributed by atoms with van der Waals surface area (Å²) in [6.45, 7) is 2.10. The number of alkyl halides is 6. The number of benzene rings is 2. The molecule has 0 saturated carbocycles. The van der Waals surface area contributed by atoms with Crippen LogP contribution in [0.25, 0.3) is 0 Å². The van der Waals surface area contributed by atoms with Crippen molar-refractivity contribution < 1.29 is 40.6 Å². The SMILES string of the molecule is CCCCCc1ccc(OC(=O)c2ccc(OC(F)(F)C(F)C(F)(F)F)cc2)cc1. The molecule has 0 N–H and O–H groups in total. The summed E-state index contributed by atoms with van der Waals surface area (Å²) in [6, 6.07) is 10.6. The fraction of sp³-hybridized carbons (Fsp3) is 0.381. The smallest absolute Gasteiger partial charge is 0.430 e. The van der Waals surface area contributed by atoms with Crippen molar-refractivity contribution in [1.29, 1.82) is 0 Å². The Balaban J connectivity index is 1.96. The number of aryl methyl sites for hydroxylation is 1. The van der Waals surface area contributed by atoms with Gasteiger partial charge in [-0.3, -0.25) is 0 Å². The predicted molar refractivity (Wildman–Crippen MR) is 97.6 cm³/mol. The summed E-state index contributed by atoms with van der Waals surface area (Å²) >= 11 is 0. The van der Waals surface area contributed by atoms with Gasteiger partial charge in [0.1, 0.15) is 11.5 Å². The Morgan fingerprint density at radius 3 is 2.00 bits per heavy atom. The number of halogens is 6. The molecular weight excluding hydrogens is 414 g/mol. The fourth-order valence-corrected chi connectivity index (χ4v) is 2.53. The summed E-state index contributed by atoms with van der Waals surface area (Å²) < 4.78 is 84.8. The molecule has 3 nitrogen and oxygen atoms in total. The van der Waals surface area contributed by atoms with Crippen LogP contribution >= 0.6 is 0 Å². The lowest BCUT2D eigenvalue weighted by Gasteiger charge is -2.23. The van der Waals surface area contributed by atoms with Crippen LogP contribution in [0.4, 0.5) is 26.3 Å². The molecule has 0 aliphatic carbocycles. The predicted octanol–water partition coefficient (Wildman–Crippen LogP) is 6.51. The van der Waals surface area contributed by atoms with Gasteiger partial charge < -0.3 is 9.47 Å². The van der Waals surface area contributed by atoms with Crippen LogP contribution in [-0.2, 0) is 6.42 Å². The van der Waals surface area contributed by atoms with E-state index in [-0.39, 0.29) is 11.3 Å². The van der Waals surface area contributed by atoms with E-state index in [1.165, 1.54) is 0 Å². The van der Waals surface area contributed by atoms with Gasteiger partial charge >= 0.3 is 18.3 Å². The van der Waals surface area contributed by atoms with Crippen LogP contribution in [0, 0.1) is 0 Å². The van der Waals surface area contributed by atoms with E-state index in [0.717, 1.165) is 55.5 Å². The minimum atomic E-state index is -5.78. The zero-order valence-electron chi connectivity index (χ0n) is 16.0. The summed E-state index contributed by atoms with van der Waals surface area (Å²) in [7, 11) is 0. The van der Waals surface area contributed by atoms with Crippen molar-refractivity contribution in [3.05, 3.63) is 59.7 Å². The molecule has 2 aromatic rings. The molecule has 1 unspecified atom stereocenters. The molecule has 0 fully saturated rings. The van der Waals surface area contributed by atoms with Crippen LogP contribution in [0.15, 0.2) is 48.5 Å². The number of hydrogen-bond acceptors (Lipinski definition) is 3. The molecule has 0 spiro atoms. The minimum Gasteiger partial charge on any atom is -0.430 e. The lowest BCUT2D eigenvalue weighted by molar-refractivity contribution is -0.304. The van der Waals surface area contributed by atoms with Gasteiger partial charge in [-0.05, 0) is 54.8 Å². The lowest BCUT2D eigenvalue weighted by atomic mass is 10.1. The molecule has 0 amide bonds. The molecule has 0 aliphatic heterocycles. The van der Waals surface area contributed by atoms with Crippen molar-refractivity contribution in [3.8, 4) is 11.5 Å². The fourth-order valence-electron chi connectivity index (χ4n) is 2.53. The van der Waals surface area contributed by atoms with E-state index in [1.54, 1.807) is 12.1 Å². The Morgan fingerprint density at radius 1 is 0.900 bits per heavy atom. The molecule has 2 rings (SSSR count). The first-order valence-electron chi connectivity index (χ1n) is 9.21. The van der Waals surface area contributed by atoms with Gasteiger partial charge in [0.2, 0.25) is 0 Å². The summed E-state index contributed by atoms with van der Waals surface area (Å²) in [4.78, 5) is 12.1. The third kappa shape index (κ3) is 6.67. The number of hydrogen-bond donors (Lipinski definition) is 0. The third-order valence-electron chi connectivity index (χ3n) is 4.13. The first-order valence-corrected chi connectivity index (χ1v) is 9.21. The number of unbranched alkanes of at least 4 members (excludes halogenated alkanes) is 2. The minimum absolute atomic E-state index is 0.0506. The van der Waals surface area contributed by atoms with Crippen LogP contribution in [0.5, 0.6) is 11.5 Å². The maximum atomic E-state index is 13.3. The lowest BCUT2D eigenvalue weighted by Crippen LogP contribution is -2.45. The molecule has 0 bridgehead atoms. The van der Waals surface area contributed by atoms with E-state index in [9.17, 15) is 31.1 Å². The summed E-state index contributed by atoms with van der Waals surface area (Å²) in [5.74, 6) is -1.26. The van der Waals surface area contributed by atoms with E-state index in [4.69, 9.17) is 4.74 Å². The molecule has 0 saturated heterocycles. The molecule has 0 aliphatic rings.